The molecule has 76 valence electrons. The van der Waals surface area contributed by atoms with Gasteiger partial charge in [0.2, 0.25) is 0 Å². The van der Waals surface area contributed by atoms with E-state index in [1.807, 2.05) is 13.8 Å². The fourth-order valence-corrected chi connectivity index (χ4v) is 1.54. The first-order valence-electron chi connectivity index (χ1n) is 4.43. The third-order valence-electron chi connectivity index (χ3n) is 2.24. The standard InChI is InChI=1S/C11H14ClNO/c1-7-6-10(12)11(14)9(8(7)2)4-3-5-13/h3-4,6,14H,5,13H2,1-2H3/b4-3+. The molecule has 0 spiro atoms. The van der Waals surface area contributed by atoms with Crippen LogP contribution in [0.1, 0.15) is 16.7 Å². The third kappa shape index (κ3) is 2.08. The summed E-state index contributed by atoms with van der Waals surface area (Å²) in [4.78, 5) is 0. The van der Waals surface area contributed by atoms with Crippen LogP contribution >= 0.6 is 11.6 Å². The summed E-state index contributed by atoms with van der Waals surface area (Å²) in [6, 6.07) is 1.76. The summed E-state index contributed by atoms with van der Waals surface area (Å²) in [5.41, 5.74) is 8.19. The van der Waals surface area contributed by atoms with E-state index in [1.165, 1.54) is 0 Å². The molecule has 0 aliphatic rings. The zero-order valence-electron chi connectivity index (χ0n) is 8.34. The Balaban J connectivity index is 3.32. The number of benzene rings is 1. The maximum absolute atomic E-state index is 9.71. The van der Waals surface area contributed by atoms with Crippen molar-refractivity contribution in [3.8, 4) is 5.75 Å². The van der Waals surface area contributed by atoms with Crippen LogP contribution in [-0.2, 0) is 0 Å². The number of aromatic hydroxyl groups is 1. The monoisotopic (exact) mass is 211 g/mol. The van der Waals surface area contributed by atoms with Crippen LogP contribution in [0.4, 0.5) is 0 Å². The lowest BCUT2D eigenvalue weighted by molar-refractivity contribution is 0.473. The van der Waals surface area contributed by atoms with Gasteiger partial charge in [-0.05, 0) is 31.0 Å². The highest BCUT2D eigenvalue weighted by molar-refractivity contribution is 6.32. The predicted octanol–water partition coefficient (Wildman–Crippen LogP) is 2.63. The van der Waals surface area contributed by atoms with Crippen LogP contribution in [-0.4, -0.2) is 11.7 Å². The summed E-state index contributed by atoms with van der Waals surface area (Å²) in [5, 5.41) is 10.1. The second-order valence-corrected chi connectivity index (χ2v) is 3.61. The van der Waals surface area contributed by atoms with E-state index in [0.717, 1.165) is 16.7 Å². The van der Waals surface area contributed by atoms with E-state index in [-0.39, 0.29) is 5.75 Å². The van der Waals surface area contributed by atoms with Crippen molar-refractivity contribution in [3.05, 3.63) is 33.9 Å². The number of aryl methyl sites for hydroxylation is 1. The van der Waals surface area contributed by atoms with Gasteiger partial charge in [0, 0.05) is 12.1 Å². The summed E-state index contributed by atoms with van der Waals surface area (Å²) in [7, 11) is 0. The summed E-state index contributed by atoms with van der Waals surface area (Å²) in [6.07, 6.45) is 3.58. The van der Waals surface area contributed by atoms with Gasteiger partial charge in [-0.2, -0.15) is 0 Å². The Morgan fingerprint density at radius 2 is 2.14 bits per heavy atom. The lowest BCUT2D eigenvalue weighted by Gasteiger charge is -2.09. The highest BCUT2D eigenvalue weighted by Crippen LogP contribution is 2.32. The number of phenolic OH excluding ortho intramolecular Hbond substituents is 1. The lowest BCUT2D eigenvalue weighted by Crippen LogP contribution is -1.93. The molecule has 0 saturated heterocycles. The molecule has 0 fully saturated rings. The Kier molecular flexibility index (Phi) is 3.55. The molecule has 1 aromatic rings. The van der Waals surface area contributed by atoms with E-state index in [0.29, 0.717) is 11.6 Å². The zero-order valence-corrected chi connectivity index (χ0v) is 9.10. The van der Waals surface area contributed by atoms with E-state index in [1.54, 1.807) is 18.2 Å². The van der Waals surface area contributed by atoms with Crippen LogP contribution < -0.4 is 5.73 Å². The Labute approximate surface area is 89.0 Å². The van der Waals surface area contributed by atoms with Crippen molar-refractivity contribution in [1.29, 1.82) is 0 Å². The molecule has 3 heteroatoms. The first kappa shape index (κ1) is 11.1. The predicted molar refractivity (Wildman–Crippen MR) is 60.7 cm³/mol. The second kappa shape index (κ2) is 4.49. The Morgan fingerprint density at radius 1 is 1.50 bits per heavy atom. The molecule has 0 aromatic heterocycles. The molecule has 0 unspecified atom stereocenters. The van der Waals surface area contributed by atoms with Crippen LogP contribution in [0, 0.1) is 13.8 Å². The van der Waals surface area contributed by atoms with Crippen molar-refractivity contribution in [1.82, 2.24) is 0 Å². The number of halogens is 1. The summed E-state index contributed by atoms with van der Waals surface area (Å²) >= 11 is 5.85. The normalized spacial score (nSPS) is 11.1. The number of phenols is 1. The highest BCUT2D eigenvalue weighted by Gasteiger charge is 2.08. The van der Waals surface area contributed by atoms with Gasteiger partial charge in [0.1, 0.15) is 5.75 Å². The minimum atomic E-state index is 0.125. The number of nitrogens with two attached hydrogens (primary N) is 1. The van der Waals surface area contributed by atoms with Gasteiger partial charge in [0.05, 0.1) is 5.02 Å². The van der Waals surface area contributed by atoms with Crippen molar-refractivity contribution >= 4 is 17.7 Å². The molecule has 0 bridgehead atoms. The van der Waals surface area contributed by atoms with Gasteiger partial charge >= 0.3 is 0 Å². The lowest BCUT2D eigenvalue weighted by atomic mass is 10.0. The van der Waals surface area contributed by atoms with Crippen LogP contribution in [0.5, 0.6) is 5.75 Å². The third-order valence-corrected chi connectivity index (χ3v) is 2.53. The molecule has 0 aliphatic carbocycles. The highest BCUT2D eigenvalue weighted by atomic mass is 35.5. The van der Waals surface area contributed by atoms with Crippen LogP contribution in [0.3, 0.4) is 0 Å². The minimum Gasteiger partial charge on any atom is -0.506 e. The maximum atomic E-state index is 9.71. The quantitative estimate of drug-likeness (QED) is 0.790. The maximum Gasteiger partial charge on any atom is 0.141 e. The van der Waals surface area contributed by atoms with Gasteiger partial charge in [0.25, 0.3) is 0 Å². The second-order valence-electron chi connectivity index (χ2n) is 3.20. The average Bonchev–Trinajstić information content (AvgIpc) is 2.15. The van der Waals surface area contributed by atoms with Crippen LogP contribution in [0.15, 0.2) is 12.1 Å². The van der Waals surface area contributed by atoms with Gasteiger partial charge < -0.3 is 10.8 Å². The van der Waals surface area contributed by atoms with Gasteiger partial charge in [-0.3, -0.25) is 0 Å². The number of hydrogen-bond acceptors (Lipinski definition) is 2. The molecule has 1 aromatic carbocycles. The van der Waals surface area contributed by atoms with Gasteiger partial charge in [-0.25, -0.2) is 0 Å². The summed E-state index contributed by atoms with van der Waals surface area (Å²) < 4.78 is 0. The van der Waals surface area contributed by atoms with E-state index in [2.05, 4.69) is 0 Å². The zero-order chi connectivity index (χ0) is 10.7. The van der Waals surface area contributed by atoms with Crippen molar-refractivity contribution < 1.29 is 5.11 Å². The molecule has 2 nitrogen and oxygen atoms in total. The molecule has 0 saturated carbocycles. The van der Waals surface area contributed by atoms with E-state index < -0.39 is 0 Å². The smallest absolute Gasteiger partial charge is 0.141 e. The van der Waals surface area contributed by atoms with Crippen molar-refractivity contribution in [2.24, 2.45) is 5.73 Å². The summed E-state index contributed by atoms with van der Waals surface area (Å²) in [5.74, 6) is 0.125. The van der Waals surface area contributed by atoms with Crippen molar-refractivity contribution in [2.45, 2.75) is 13.8 Å². The Hall–Kier alpha value is -0.990. The Bertz CT molecular complexity index is 346. The van der Waals surface area contributed by atoms with Crippen LogP contribution in [0.2, 0.25) is 5.02 Å². The fraction of sp³-hybridized carbons (Fsp3) is 0.273. The first-order valence-corrected chi connectivity index (χ1v) is 4.81. The van der Waals surface area contributed by atoms with Crippen molar-refractivity contribution in [2.75, 3.05) is 6.54 Å². The minimum absolute atomic E-state index is 0.125. The topological polar surface area (TPSA) is 46.2 Å². The summed E-state index contributed by atoms with van der Waals surface area (Å²) in [6.45, 7) is 4.35. The molecule has 14 heavy (non-hydrogen) atoms. The molecular formula is C11H14ClNO. The van der Waals surface area contributed by atoms with E-state index >= 15 is 0 Å². The SMILES string of the molecule is Cc1cc(Cl)c(O)c(/C=C/CN)c1C. The first-order chi connectivity index (χ1) is 6.57. The van der Waals surface area contributed by atoms with Crippen LogP contribution in [0.25, 0.3) is 6.08 Å². The molecule has 0 aliphatic heterocycles. The Morgan fingerprint density at radius 3 is 2.71 bits per heavy atom. The average molecular weight is 212 g/mol. The van der Waals surface area contributed by atoms with Gasteiger partial charge in [0.15, 0.2) is 0 Å². The largest absolute Gasteiger partial charge is 0.506 e. The molecule has 1 rings (SSSR count). The molecule has 0 radical (unpaired) electrons. The van der Waals surface area contributed by atoms with Gasteiger partial charge in [-0.1, -0.05) is 23.8 Å². The molecule has 0 amide bonds. The number of rotatable bonds is 2. The van der Waals surface area contributed by atoms with Crippen molar-refractivity contribution in [3.63, 3.8) is 0 Å². The fourth-order valence-electron chi connectivity index (χ4n) is 1.28. The molecular weight excluding hydrogens is 198 g/mol. The van der Waals surface area contributed by atoms with Gasteiger partial charge in [-0.15, -0.1) is 0 Å². The molecule has 0 heterocycles. The molecule has 3 N–H and O–H groups in total. The molecule has 0 atom stereocenters. The number of hydrogen-bond donors (Lipinski definition) is 2. The van der Waals surface area contributed by atoms with E-state index in [9.17, 15) is 5.11 Å². The van der Waals surface area contributed by atoms with E-state index in [4.69, 9.17) is 17.3 Å².